The SMILES string of the molecule is COc1ccc(CC(=O)Nc2ccc(Br)cc2F)c(OC)c1. The van der Waals surface area contributed by atoms with Crippen LogP contribution in [-0.2, 0) is 11.2 Å². The smallest absolute Gasteiger partial charge is 0.229 e. The van der Waals surface area contributed by atoms with E-state index in [4.69, 9.17) is 9.47 Å². The molecule has 0 saturated carbocycles. The van der Waals surface area contributed by atoms with E-state index >= 15 is 0 Å². The zero-order valence-corrected chi connectivity index (χ0v) is 13.7. The summed E-state index contributed by atoms with van der Waals surface area (Å²) in [5.74, 6) is 0.361. The minimum Gasteiger partial charge on any atom is -0.497 e. The van der Waals surface area contributed by atoms with Crippen LogP contribution in [0.4, 0.5) is 10.1 Å². The fourth-order valence-electron chi connectivity index (χ4n) is 1.96. The Balaban J connectivity index is 2.12. The standard InChI is InChI=1S/C16H15BrFNO3/c1-21-12-5-3-10(15(9-12)22-2)7-16(20)19-14-6-4-11(17)8-13(14)18/h3-6,8-9H,7H2,1-2H3,(H,19,20). The van der Waals surface area contributed by atoms with Crippen molar-refractivity contribution in [3.05, 3.63) is 52.3 Å². The lowest BCUT2D eigenvalue weighted by Gasteiger charge is -2.11. The van der Waals surface area contributed by atoms with Gasteiger partial charge in [-0.25, -0.2) is 4.39 Å². The number of methoxy groups -OCH3 is 2. The molecule has 4 nitrogen and oxygen atoms in total. The van der Waals surface area contributed by atoms with Gasteiger partial charge in [0.05, 0.1) is 26.3 Å². The highest BCUT2D eigenvalue weighted by Gasteiger charge is 2.12. The van der Waals surface area contributed by atoms with Crippen molar-refractivity contribution in [2.75, 3.05) is 19.5 Å². The van der Waals surface area contributed by atoms with E-state index in [-0.39, 0.29) is 18.0 Å². The number of nitrogens with one attached hydrogen (secondary N) is 1. The molecule has 1 N–H and O–H groups in total. The lowest BCUT2D eigenvalue weighted by molar-refractivity contribution is -0.115. The molecule has 0 radical (unpaired) electrons. The normalized spacial score (nSPS) is 10.2. The van der Waals surface area contributed by atoms with Crippen molar-refractivity contribution in [3.63, 3.8) is 0 Å². The number of hydrogen-bond acceptors (Lipinski definition) is 3. The molecule has 0 aliphatic carbocycles. The molecule has 0 aliphatic heterocycles. The molecule has 1 amide bonds. The van der Waals surface area contributed by atoms with Gasteiger partial charge in [0.1, 0.15) is 17.3 Å². The Kier molecular flexibility index (Phi) is 5.38. The van der Waals surface area contributed by atoms with Crippen molar-refractivity contribution in [2.24, 2.45) is 0 Å². The van der Waals surface area contributed by atoms with Gasteiger partial charge in [-0.3, -0.25) is 4.79 Å². The number of carbonyl (C=O) groups is 1. The topological polar surface area (TPSA) is 47.6 Å². The summed E-state index contributed by atoms with van der Waals surface area (Å²) in [6.07, 6.45) is 0.0721. The average Bonchev–Trinajstić information content (AvgIpc) is 2.50. The Morgan fingerprint density at radius 3 is 2.59 bits per heavy atom. The van der Waals surface area contributed by atoms with E-state index < -0.39 is 5.82 Å². The molecule has 0 atom stereocenters. The Hall–Kier alpha value is -2.08. The zero-order chi connectivity index (χ0) is 16.1. The van der Waals surface area contributed by atoms with Crippen LogP contribution in [0.15, 0.2) is 40.9 Å². The summed E-state index contributed by atoms with van der Waals surface area (Å²) in [6.45, 7) is 0. The number of halogens is 2. The van der Waals surface area contributed by atoms with Gasteiger partial charge in [0.25, 0.3) is 0 Å². The summed E-state index contributed by atoms with van der Waals surface area (Å²) >= 11 is 3.17. The summed E-state index contributed by atoms with van der Waals surface area (Å²) in [5.41, 5.74) is 0.832. The minimum atomic E-state index is -0.496. The van der Waals surface area contributed by atoms with Gasteiger partial charge < -0.3 is 14.8 Å². The van der Waals surface area contributed by atoms with E-state index in [1.165, 1.54) is 19.2 Å². The first-order chi connectivity index (χ1) is 10.5. The first kappa shape index (κ1) is 16.3. The third-order valence-electron chi connectivity index (χ3n) is 3.05. The van der Waals surface area contributed by atoms with Gasteiger partial charge in [-0.2, -0.15) is 0 Å². The number of carbonyl (C=O) groups excluding carboxylic acids is 1. The molecule has 0 heterocycles. The largest absolute Gasteiger partial charge is 0.497 e. The summed E-state index contributed by atoms with van der Waals surface area (Å²) in [7, 11) is 3.07. The Morgan fingerprint density at radius 2 is 1.95 bits per heavy atom. The van der Waals surface area contributed by atoms with Crippen molar-refractivity contribution < 1.29 is 18.7 Å². The predicted molar refractivity (Wildman–Crippen MR) is 86.0 cm³/mol. The third-order valence-corrected chi connectivity index (χ3v) is 3.54. The Labute approximate surface area is 136 Å². The maximum Gasteiger partial charge on any atom is 0.229 e. The van der Waals surface area contributed by atoms with Gasteiger partial charge in [0, 0.05) is 16.1 Å². The number of anilines is 1. The maximum atomic E-state index is 13.7. The van der Waals surface area contributed by atoms with Gasteiger partial charge in [-0.15, -0.1) is 0 Å². The molecule has 0 saturated heterocycles. The maximum absolute atomic E-state index is 13.7. The number of ether oxygens (including phenoxy) is 2. The van der Waals surface area contributed by atoms with Crippen LogP contribution in [0.2, 0.25) is 0 Å². The van der Waals surface area contributed by atoms with Crippen molar-refractivity contribution >= 4 is 27.5 Å². The average molecular weight is 368 g/mol. The van der Waals surface area contributed by atoms with E-state index in [2.05, 4.69) is 21.2 Å². The summed E-state index contributed by atoms with van der Waals surface area (Å²) in [4.78, 5) is 12.1. The van der Waals surface area contributed by atoms with Gasteiger partial charge in [-0.05, 0) is 24.3 Å². The van der Waals surface area contributed by atoms with Gasteiger partial charge in [-0.1, -0.05) is 22.0 Å². The van der Waals surface area contributed by atoms with E-state index in [0.29, 0.717) is 21.5 Å². The lowest BCUT2D eigenvalue weighted by Crippen LogP contribution is -2.15. The molecule has 22 heavy (non-hydrogen) atoms. The molecule has 0 aliphatic rings. The van der Waals surface area contributed by atoms with Crippen LogP contribution in [0.3, 0.4) is 0 Å². The van der Waals surface area contributed by atoms with Crippen LogP contribution in [-0.4, -0.2) is 20.1 Å². The van der Waals surface area contributed by atoms with E-state index in [1.807, 2.05) is 0 Å². The summed E-state index contributed by atoms with van der Waals surface area (Å²) in [5, 5.41) is 2.54. The van der Waals surface area contributed by atoms with Crippen molar-refractivity contribution in [1.82, 2.24) is 0 Å². The number of rotatable bonds is 5. The van der Waals surface area contributed by atoms with Crippen LogP contribution in [0, 0.1) is 5.82 Å². The lowest BCUT2D eigenvalue weighted by atomic mass is 10.1. The highest BCUT2D eigenvalue weighted by Crippen LogP contribution is 2.25. The quantitative estimate of drug-likeness (QED) is 0.874. The molecule has 2 aromatic carbocycles. The minimum absolute atomic E-state index is 0.0721. The molecule has 0 spiro atoms. The van der Waals surface area contributed by atoms with Crippen molar-refractivity contribution in [2.45, 2.75) is 6.42 Å². The monoisotopic (exact) mass is 367 g/mol. The third kappa shape index (κ3) is 3.98. The van der Waals surface area contributed by atoms with Crippen LogP contribution in [0.5, 0.6) is 11.5 Å². The summed E-state index contributed by atoms with van der Waals surface area (Å²) in [6, 6.07) is 9.64. The number of benzene rings is 2. The number of amides is 1. The van der Waals surface area contributed by atoms with E-state index in [0.717, 1.165) is 0 Å². The van der Waals surface area contributed by atoms with Crippen molar-refractivity contribution in [1.29, 1.82) is 0 Å². The van der Waals surface area contributed by atoms with E-state index in [1.54, 1.807) is 31.4 Å². The fourth-order valence-corrected chi connectivity index (χ4v) is 2.29. The molecule has 0 unspecified atom stereocenters. The van der Waals surface area contributed by atoms with Gasteiger partial charge in [0.2, 0.25) is 5.91 Å². The first-order valence-corrected chi connectivity index (χ1v) is 7.28. The fraction of sp³-hybridized carbons (Fsp3) is 0.188. The van der Waals surface area contributed by atoms with Crippen LogP contribution < -0.4 is 14.8 Å². The first-order valence-electron chi connectivity index (χ1n) is 6.49. The highest BCUT2D eigenvalue weighted by molar-refractivity contribution is 9.10. The second-order valence-corrected chi connectivity index (χ2v) is 5.44. The number of hydrogen-bond donors (Lipinski definition) is 1. The molecule has 0 aromatic heterocycles. The molecule has 6 heteroatoms. The van der Waals surface area contributed by atoms with Crippen LogP contribution >= 0.6 is 15.9 Å². The van der Waals surface area contributed by atoms with E-state index in [9.17, 15) is 9.18 Å². The molecule has 116 valence electrons. The van der Waals surface area contributed by atoms with Gasteiger partial charge in [0.15, 0.2) is 0 Å². The molecule has 0 bridgehead atoms. The molecule has 2 rings (SSSR count). The second kappa shape index (κ2) is 7.26. The molecular formula is C16H15BrFNO3. The Bertz CT molecular complexity index is 691. The van der Waals surface area contributed by atoms with Crippen molar-refractivity contribution in [3.8, 4) is 11.5 Å². The Morgan fingerprint density at radius 1 is 1.18 bits per heavy atom. The second-order valence-electron chi connectivity index (χ2n) is 4.53. The zero-order valence-electron chi connectivity index (χ0n) is 12.2. The van der Waals surface area contributed by atoms with Crippen LogP contribution in [0.25, 0.3) is 0 Å². The highest BCUT2D eigenvalue weighted by atomic mass is 79.9. The molecule has 0 fully saturated rings. The summed E-state index contributed by atoms with van der Waals surface area (Å²) < 4.78 is 24.7. The van der Waals surface area contributed by atoms with Crippen LogP contribution in [0.1, 0.15) is 5.56 Å². The van der Waals surface area contributed by atoms with Gasteiger partial charge >= 0.3 is 0 Å². The molecule has 2 aromatic rings. The molecular weight excluding hydrogens is 353 g/mol. The predicted octanol–water partition coefficient (Wildman–Crippen LogP) is 3.79.